The molecule has 1 saturated carbocycles. The number of hydrogen-bond acceptors (Lipinski definition) is 5. The number of carbonyl (C=O) groups excluding carboxylic acids is 1. The van der Waals surface area contributed by atoms with Crippen molar-refractivity contribution < 1.29 is 9.53 Å². The predicted octanol–water partition coefficient (Wildman–Crippen LogP) is 3.55. The summed E-state index contributed by atoms with van der Waals surface area (Å²) in [6.07, 6.45) is 9.10. The molecular formula is C20H26N4O2S. The van der Waals surface area contributed by atoms with Gasteiger partial charge in [0.2, 0.25) is 5.91 Å². The fraction of sp³-hybridized carbons (Fsp3) is 0.550. The molecule has 2 fully saturated rings. The SMILES string of the molecule is COc1ccccc1-n1cnnc1SCC(=O)N1CCCC2CCCCC21. The van der Waals surface area contributed by atoms with Crippen molar-refractivity contribution in [2.75, 3.05) is 19.4 Å². The van der Waals surface area contributed by atoms with Crippen LogP contribution in [0.4, 0.5) is 0 Å². The Morgan fingerprint density at radius 3 is 2.93 bits per heavy atom. The first-order valence-corrected chi connectivity index (χ1v) is 10.7. The summed E-state index contributed by atoms with van der Waals surface area (Å²) in [6, 6.07) is 8.21. The number of ether oxygens (including phenoxy) is 1. The van der Waals surface area contributed by atoms with Gasteiger partial charge in [0.25, 0.3) is 0 Å². The van der Waals surface area contributed by atoms with E-state index in [4.69, 9.17) is 4.74 Å². The van der Waals surface area contributed by atoms with Gasteiger partial charge in [0.05, 0.1) is 18.6 Å². The van der Waals surface area contributed by atoms with Gasteiger partial charge in [-0.3, -0.25) is 9.36 Å². The topological polar surface area (TPSA) is 60.2 Å². The first-order valence-electron chi connectivity index (χ1n) is 9.73. The third-order valence-electron chi connectivity index (χ3n) is 5.75. The first-order chi connectivity index (χ1) is 13.3. The summed E-state index contributed by atoms with van der Waals surface area (Å²) in [6.45, 7) is 0.903. The summed E-state index contributed by atoms with van der Waals surface area (Å²) in [5, 5.41) is 8.97. The van der Waals surface area contributed by atoms with Crippen LogP contribution < -0.4 is 4.74 Å². The number of aromatic nitrogens is 3. The minimum Gasteiger partial charge on any atom is -0.495 e. The lowest BCUT2D eigenvalue weighted by atomic mass is 9.78. The minimum absolute atomic E-state index is 0.228. The van der Waals surface area contributed by atoms with E-state index in [2.05, 4.69) is 15.1 Å². The predicted molar refractivity (Wildman–Crippen MR) is 105 cm³/mol. The second kappa shape index (κ2) is 8.33. The summed E-state index contributed by atoms with van der Waals surface area (Å²) in [5.74, 6) is 2.09. The number of benzene rings is 1. The summed E-state index contributed by atoms with van der Waals surface area (Å²) >= 11 is 1.45. The van der Waals surface area contributed by atoms with Gasteiger partial charge in [-0.05, 0) is 43.7 Å². The number of likely N-dealkylation sites (tertiary alicyclic amines) is 1. The van der Waals surface area contributed by atoms with Crippen molar-refractivity contribution in [1.82, 2.24) is 19.7 Å². The second-order valence-corrected chi connectivity index (χ2v) is 8.23. The number of methoxy groups -OCH3 is 1. The highest BCUT2D eigenvalue weighted by atomic mass is 32.2. The molecule has 1 amide bonds. The fourth-order valence-corrected chi connectivity index (χ4v) is 5.27. The Labute approximate surface area is 164 Å². The summed E-state index contributed by atoms with van der Waals surface area (Å²) in [7, 11) is 1.65. The molecule has 2 heterocycles. The zero-order valence-electron chi connectivity index (χ0n) is 15.7. The monoisotopic (exact) mass is 386 g/mol. The lowest BCUT2D eigenvalue weighted by Crippen LogP contribution is -2.50. The van der Waals surface area contributed by atoms with Gasteiger partial charge in [-0.1, -0.05) is 36.7 Å². The first kappa shape index (κ1) is 18.3. The Balaban J connectivity index is 1.45. The van der Waals surface area contributed by atoms with E-state index in [0.717, 1.165) is 24.4 Å². The Bertz CT molecular complexity index is 792. The number of para-hydroxylation sites is 2. The molecule has 0 radical (unpaired) electrons. The van der Waals surface area contributed by atoms with Crippen molar-refractivity contribution in [2.45, 2.75) is 49.7 Å². The summed E-state index contributed by atoms with van der Waals surface area (Å²) in [4.78, 5) is 15.1. The van der Waals surface area contributed by atoms with Gasteiger partial charge in [-0.15, -0.1) is 10.2 Å². The largest absolute Gasteiger partial charge is 0.495 e. The molecule has 1 aromatic carbocycles. The molecule has 6 nitrogen and oxygen atoms in total. The van der Waals surface area contributed by atoms with Crippen molar-refractivity contribution in [2.24, 2.45) is 5.92 Å². The third-order valence-corrected chi connectivity index (χ3v) is 6.68. The molecule has 1 saturated heterocycles. The van der Waals surface area contributed by atoms with Crippen LogP contribution in [0.3, 0.4) is 0 Å². The lowest BCUT2D eigenvalue weighted by molar-refractivity contribution is -0.134. The molecule has 2 aliphatic rings. The third kappa shape index (κ3) is 3.83. The van der Waals surface area contributed by atoms with Crippen LogP contribution in [0.5, 0.6) is 5.75 Å². The summed E-state index contributed by atoms with van der Waals surface area (Å²) < 4.78 is 7.33. The maximum Gasteiger partial charge on any atom is 0.233 e. The standard InChI is InChI=1S/C20H26N4O2S/c1-26-18-11-5-4-10-17(18)24-14-21-22-20(24)27-13-19(25)23-12-6-8-15-7-2-3-9-16(15)23/h4-5,10-11,14-16H,2-3,6-9,12-13H2,1H3. The van der Waals surface area contributed by atoms with Crippen LogP contribution in [0.1, 0.15) is 38.5 Å². The number of nitrogens with zero attached hydrogens (tertiary/aromatic N) is 4. The van der Waals surface area contributed by atoms with E-state index >= 15 is 0 Å². The van der Waals surface area contributed by atoms with Crippen molar-refractivity contribution in [3.63, 3.8) is 0 Å². The lowest BCUT2D eigenvalue weighted by Gasteiger charge is -2.44. The molecule has 0 N–H and O–H groups in total. The van der Waals surface area contributed by atoms with Gasteiger partial charge in [-0.2, -0.15) is 0 Å². The Hall–Kier alpha value is -2.02. The Morgan fingerprint density at radius 1 is 1.22 bits per heavy atom. The van der Waals surface area contributed by atoms with Gasteiger partial charge in [-0.25, -0.2) is 0 Å². The zero-order chi connectivity index (χ0) is 18.6. The second-order valence-electron chi connectivity index (χ2n) is 7.29. The molecule has 1 aliphatic carbocycles. The number of thioether (sulfide) groups is 1. The highest BCUT2D eigenvalue weighted by Crippen LogP contribution is 2.36. The molecule has 2 unspecified atom stereocenters. The molecule has 2 atom stereocenters. The van der Waals surface area contributed by atoms with Gasteiger partial charge in [0.1, 0.15) is 12.1 Å². The summed E-state index contributed by atoms with van der Waals surface area (Å²) in [5.41, 5.74) is 0.880. The van der Waals surface area contributed by atoms with Crippen LogP contribution in [0, 0.1) is 5.92 Å². The van der Waals surface area contributed by atoms with E-state index in [-0.39, 0.29) is 5.91 Å². The minimum atomic E-state index is 0.228. The van der Waals surface area contributed by atoms with Gasteiger partial charge in [0, 0.05) is 12.6 Å². The van der Waals surface area contributed by atoms with Gasteiger partial charge in [0.15, 0.2) is 5.16 Å². The number of rotatable bonds is 5. The Kier molecular flexibility index (Phi) is 5.66. The molecule has 7 heteroatoms. The van der Waals surface area contributed by atoms with Crippen LogP contribution in [0.15, 0.2) is 35.7 Å². The molecule has 27 heavy (non-hydrogen) atoms. The van der Waals surface area contributed by atoms with E-state index in [1.54, 1.807) is 13.4 Å². The highest BCUT2D eigenvalue weighted by Gasteiger charge is 2.35. The number of fused-ring (bicyclic) bond motifs is 1. The van der Waals surface area contributed by atoms with Crippen LogP contribution in [-0.4, -0.2) is 51.0 Å². The van der Waals surface area contributed by atoms with Crippen LogP contribution >= 0.6 is 11.8 Å². The smallest absolute Gasteiger partial charge is 0.233 e. The van der Waals surface area contributed by atoms with Crippen molar-refractivity contribution in [1.29, 1.82) is 0 Å². The van der Waals surface area contributed by atoms with E-state index < -0.39 is 0 Å². The van der Waals surface area contributed by atoms with Crippen molar-refractivity contribution >= 4 is 17.7 Å². The molecule has 4 rings (SSSR count). The van der Waals surface area contributed by atoms with E-state index in [1.807, 2.05) is 28.8 Å². The number of hydrogen-bond donors (Lipinski definition) is 0. The average Bonchev–Trinajstić information content (AvgIpc) is 3.20. The van der Waals surface area contributed by atoms with Gasteiger partial charge < -0.3 is 9.64 Å². The van der Waals surface area contributed by atoms with E-state index in [0.29, 0.717) is 22.9 Å². The quantitative estimate of drug-likeness (QED) is 0.736. The molecule has 0 spiro atoms. The number of amides is 1. The molecular weight excluding hydrogens is 360 g/mol. The van der Waals surface area contributed by atoms with Crippen LogP contribution in [0.2, 0.25) is 0 Å². The molecule has 144 valence electrons. The molecule has 0 bridgehead atoms. The number of piperidine rings is 1. The van der Waals surface area contributed by atoms with E-state index in [1.165, 1.54) is 43.9 Å². The van der Waals surface area contributed by atoms with Crippen LogP contribution in [0.25, 0.3) is 5.69 Å². The molecule has 1 aliphatic heterocycles. The fourth-order valence-electron chi connectivity index (χ4n) is 4.46. The van der Waals surface area contributed by atoms with E-state index in [9.17, 15) is 4.79 Å². The van der Waals surface area contributed by atoms with Crippen LogP contribution in [-0.2, 0) is 4.79 Å². The number of carbonyl (C=O) groups is 1. The maximum absolute atomic E-state index is 12.9. The van der Waals surface area contributed by atoms with Gasteiger partial charge >= 0.3 is 0 Å². The Morgan fingerprint density at radius 2 is 2.04 bits per heavy atom. The highest BCUT2D eigenvalue weighted by molar-refractivity contribution is 7.99. The maximum atomic E-state index is 12.9. The normalized spacial score (nSPS) is 22.3. The van der Waals surface area contributed by atoms with Crippen molar-refractivity contribution in [3.8, 4) is 11.4 Å². The molecule has 1 aromatic heterocycles. The zero-order valence-corrected chi connectivity index (χ0v) is 16.5. The van der Waals surface area contributed by atoms with Crippen molar-refractivity contribution in [3.05, 3.63) is 30.6 Å². The average molecular weight is 387 g/mol. The molecule has 2 aromatic rings.